The molecule has 0 unspecified atom stereocenters. The van der Waals surface area contributed by atoms with Gasteiger partial charge >= 0.3 is 11.9 Å². The maximum absolute atomic E-state index is 14.1. The number of carbonyl (C=O) groups excluding carboxylic acids is 5. The van der Waals surface area contributed by atoms with E-state index in [1.165, 1.54) is 4.90 Å². The number of nitrogens with two attached hydrogens (primary N) is 1. The second-order valence-electron chi connectivity index (χ2n) is 14.0. The lowest BCUT2D eigenvalue weighted by Gasteiger charge is -2.31. The lowest BCUT2D eigenvalue weighted by Crippen LogP contribution is -2.59. The SMILES string of the molecule is CC(C)C[C@H](NC(=O)[C@H](NC(=O)[C@@H]1CCCN1C(=O)[C@@H](CC(=O)OCc1ccccc1)NC(=O)[C@H](N)Cc1c[nH]c2ccccc12)C(C)C)C(=O)O. The molecule has 1 aliphatic heterocycles. The first-order chi connectivity index (χ1) is 24.7. The van der Waals surface area contributed by atoms with E-state index in [0.717, 1.165) is 22.0 Å². The molecule has 14 heteroatoms. The Morgan fingerprint density at radius 1 is 0.923 bits per heavy atom. The van der Waals surface area contributed by atoms with E-state index < -0.39 is 78.1 Å². The second-order valence-corrected chi connectivity index (χ2v) is 14.0. The van der Waals surface area contributed by atoms with Crippen molar-refractivity contribution in [1.29, 1.82) is 0 Å². The molecule has 0 radical (unpaired) electrons. The Morgan fingerprint density at radius 3 is 2.27 bits per heavy atom. The maximum atomic E-state index is 14.1. The maximum Gasteiger partial charge on any atom is 0.326 e. The molecule has 2 aromatic carbocycles. The minimum Gasteiger partial charge on any atom is -0.480 e. The number of aromatic nitrogens is 1. The summed E-state index contributed by atoms with van der Waals surface area (Å²) in [6.45, 7) is 7.23. The van der Waals surface area contributed by atoms with E-state index in [-0.39, 0.29) is 38.3 Å². The molecule has 280 valence electrons. The van der Waals surface area contributed by atoms with Gasteiger partial charge in [-0.15, -0.1) is 0 Å². The number of carboxylic acid groups (broad SMARTS) is 1. The number of hydrogen-bond acceptors (Lipinski definition) is 8. The molecule has 4 rings (SSSR count). The zero-order valence-electron chi connectivity index (χ0n) is 30.1. The van der Waals surface area contributed by atoms with Crippen LogP contribution in [-0.2, 0) is 46.5 Å². The zero-order chi connectivity index (χ0) is 37.9. The first-order valence-electron chi connectivity index (χ1n) is 17.7. The summed E-state index contributed by atoms with van der Waals surface area (Å²) in [4.78, 5) is 83.8. The molecule has 5 atom stereocenters. The van der Waals surface area contributed by atoms with Crippen molar-refractivity contribution in [1.82, 2.24) is 25.8 Å². The van der Waals surface area contributed by atoms with E-state index in [1.807, 2.05) is 44.2 Å². The summed E-state index contributed by atoms with van der Waals surface area (Å²) < 4.78 is 5.44. The van der Waals surface area contributed by atoms with Gasteiger partial charge in [0.1, 0.15) is 30.8 Å². The largest absolute Gasteiger partial charge is 0.480 e. The average molecular weight is 719 g/mol. The minimum absolute atomic E-state index is 0.00122. The molecule has 4 amide bonds. The summed E-state index contributed by atoms with van der Waals surface area (Å²) in [5, 5.41) is 18.4. The van der Waals surface area contributed by atoms with Gasteiger partial charge < -0.3 is 41.4 Å². The number of para-hydroxylation sites is 1. The summed E-state index contributed by atoms with van der Waals surface area (Å²) in [5.74, 6) is -4.92. The molecule has 7 N–H and O–H groups in total. The number of ether oxygens (including phenoxy) is 1. The van der Waals surface area contributed by atoms with Gasteiger partial charge in [-0.05, 0) is 54.7 Å². The molecule has 1 fully saturated rings. The summed E-state index contributed by atoms with van der Waals surface area (Å²) in [7, 11) is 0. The first-order valence-corrected chi connectivity index (χ1v) is 17.7. The number of benzene rings is 2. The van der Waals surface area contributed by atoms with Crippen LogP contribution >= 0.6 is 0 Å². The number of aliphatic carboxylic acids is 1. The van der Waals surface area contributed by atoms with Crippen molar-refractivity contribution < 1.29 is 38.6 Å². The molecule has 52 heavy (non-hydrogen) atoms. The predicted molar refractivity (Wildman–Crippen MR) is 193 cm³/mol. The van der Waals surface area contributed by atoms with Crippen molar-refractivity contribution in [3.05, 3.63) is 71.9 Å². The van der Waals surface area contributed by atoms with Gasteiger partial charge in [-0.25, -0.2) is 4.79 Å². The van der Waals surface area contributed by atoms with Crippen molar-refractivity contribution in [2.24, 2.45) is 17.6 Å². The highest BCUT2D eigenvalue weighted by Gasteiger charge is 2.40. The quantitative estimate of drug-likeness (QED) is 0.113. The third-order valence-electron chi connectivity index (χ3n) is 9.09. The fourth-order valence-corrected chi connectivity index (χ4v) is 6.31. The fraction of sp³-hybridized carbons (Fsp3) is 0.474. The van der Waals surface area contributed by atoms with E-state index in [1.54, 1.807) is 44.3 Å². The third-order valence-corrected chi connectivity index (χ3v) is 9.09. The number of esters is 1. The minimum atomic E-state index is -1.39. The number of amides is 4. The van der Waals surface area contributed by atoms with Gasteiger partial charge in [-0.2, -0.15) is 0 Å². The van der Waals surface area contributed by atoms with Crippen LogP contribution in [0, 0.1) is 11.8 Å². The Balaban J connectivity index is 1.49. The van der Waals surface area contributed by atoms with E-state index in [9.17, 15) is 33.9 Å². The van der Waals surface area contributed by atoms with Crippen LogP contribution in [0.2, 0.25) is 0 Å². The number of rotatable bonds is 17. The number of likely N-dealkylation sites (tertiary alicyclic amines) is 1. The Morgan fingerprint density at radius 2 is 1.60 bits per heavy atom. The van der Waals surface area contributed by atoms with Crippen LogP contribution < -0.4 is 21.7 Å². The number of aromatic amines is 1. The predicted octanol–water partition coefficient (Wildman–Crippen LogP) is 2.40. The van der Waals surface area contributed by atoms with Crippen LogP contribution in [0.15, 0.2) is 60.8 Å². The highest BCUT2D eigenvalue weighted by Crippen LogP contribution is 2.22. The number of nitrogens with one attached hydrogen (secondary N) is 4. The van der Waals surface area contributed by atoms with Gasteiger partial charge in [-0.1, -0.05) is 76.2 Å². The summed E-state index contributed by atoms with van der Waals surface area (Å²) >= 11 is 0. The average Bonchev–Trinajstić information content (AvgIpc) is 3.76. The normalized spacial score (nSPS) is 16.6. The number of carboxylic acids is 1. The Bertz CT molecular complexity index is 1720. The van der Waals surface area contributed by atoms with E-state index in [0.29, 0.717) is 6.42 Å². The molecule has 3 aromatic rings. The molecule has 0 spiro atoms. The number of carbonyl (C=O) groups is 6. The summed E-state index contributed by atoms with van der Waals surface area (Å²) in [5.41, 5.74) is 8.76. The summed E-state index contributed by atoms with van der Waals surface area (Å²) in [6.07, 6.45) is 2.35. The number of hydrogen-bond donors (Lipinski definition) is 6. The van der Waals surface area contributed by atoms with Crippen molar-refractivity contribution >= 4 is 46.5 Å². The Hall–Kier alpha value is -5.24. The van der Waals surface area contributed by atoms with Crippen molar-refractivity contribution in [2.45, 2.75) is 96.6 Å². The molecule has 1 aromatic heterocycles. The fourth-order valence-electron chi connectivity index (χ4n) is 6.31. The molecular weight excluding hydrogens is 668 g/mol. The van der Waals surface area contributed by atoms with Crippen LogP contribution in [-0.4, -0.2) is 87.3 Å². The lowest BCUT2D eigenvalue weighted by atomic mass is 10.00. The number of nitrogens with zero attached hydrogens (tertiary/aromatic N) is 1. The summed E-state index contributed by atoms with van der Waals surface area (Å²) in [6, 6.07) is 10.9. The van der Waals surface area contributed by atoms with E-state index >= 15 is 0 Å². The van der Waals surface area contributed by atoms with Gasteiger partial charge in [-0.3, -0.25) is 24.0 Å². The van der Waals surface area contributed by atoms with Crippen LogP contribution in [0.5, 0.6) is 0 Å². The van der Waals surface area contributed by atoms with Crippen LogP contribution in [0.1, 0.15) is 64.5 Å². The van der Waals surface area contributed by atoms with Crippen molar-refractivity contribution in [3.63, 3.8) is 0 Å². The number of H-pyrrole nitrogens is 1. The molecule has 0 saturated carbocycles. The van der Waals surface area contributed by atoms with Gasteiger partial charge in [0.25, 0.3) is 0 Å². The molecule has 0 bridgehead atoms. The van der Waals surface area contributed by atoms with Crippen molar-refractivity contribution in [2.75, 3.05) is 6.54 Å². The van der Waals surface area contributed by atoms with Gasteiger partial charge in [0.15, 0.2) is 0 Å². The van der Waals surface area contributed by atoms with Crippen molar-refractivity contribution in [3.8, 4) is 0 Å². The van der Waals surface area contributed by atoms with Crippen LogP contribution in [0.4, 0.5) is 0 Å². The van der Waals surface area contributed by atoms with E-state index in [2.05, 4.69) is 20.9 Å². The lowest BCUT2D eigenvalue weighted by molar-refractivity contribution is -0.150. The number of fused-ring (bicyclic) bond motifs is 1. The highest BCUT2D eigenvalue weighted by molar-refractivity contribution is 5.97. The molecular formula is C38H50N6O8. The van der Waals surface area contributed by atoms with Gasteiger partial charge in [0, 0.05) is 23.6 Å². The van der Waals surface area contributed by atoms with Gasteiger partial charge in [0.05, 0.1) is 12.5 Å². The molecule has 1 aliphatic rings. The standard InChI is InChI=1S/C38H50N6O8/c1-22(2)17-30(38(50)51)42-36(48)33(23(3)4)43-35(47)31-15-10-16-44(31)37(49)29(19-32(45)52-21-24-11-6-5-7-12-24)41-34(46)27(39)18-25-20-40-28-14-9-8-13-26(25)28/h5-9,11-14,20,22-23,27,29-31,33,40H,10,15-19,21,39H2,1-4H3,(H,41,46)(H,42,48)(H,43,47)(H,50,51)/t27-,29-,30+,31+,33-/m1/s1. The Labute approximate surface area is 303 Å². The molecule has 1 saturated heterocycles. The first kappa shape index (κ1) is 39.5. The van der Waals surface area contributed by atoms with Crippen LogP contribution in [0.3, 0.4) is 0 Å². The van der Waals surface area contributed by atoms with Gasteiger partial charge in [0.2, 0.25) is 23.6 Å². The zero-order valence-corrected chi connectivity index (χ0v) is 30.1. The van der Waals surface area contributed by atoms with E-state index in [4.69, 9.17) is 10.5 Å². The Kier molecular flexibility index (Phi) is 13.9. The molecule has 14 nitrogen and oxygen atoms in total. The third kappa shape index (κ3) is 10.6. The smallest absolute Gasteiger partial charge is 0.326 e. The van der Waals surface area contributed by atoms with Crippen LogP contribution in [0.25, 0.3) is 10.9 Å². The monoisotopic (exact) mass is 718 g/mol. The molecule has 2 heterocycles. The second kappa shape index (κ2) is 18.3. The molecule has 0 aliphatic carbocycles. The topological polar surface area (TPSA) is 213 Å². The highest BCUT2D eigenvalue weighted by atomic mass is 16.5.